The molecule has 17 nitrogen and oxygen atoms in total. The molecule has 7 atom stereocenters. The highest BCUT2D eigenvalue weighted by molar-refractivity contribution is 7.52. The molecule has 2 heterocycles. The third kappa shape index (κ3) is 11.4. The Balaban J connectivity index is 1.74. The molecule has 54 heavy (non-hydrogen) atoms. The van der Waals surface area contributed by atoms with Crippen LogP contribution in [0.5, 0.6) is 11.5 Å². The first-order chi connectivity index (χ1) is 25.3. The Kier molecular flexibility index (Phi) is 14.1. The van der Waals surface area contributed by atoms with Crippen LogP contribution in [0.25, 0.3) is 0 Å². The number of carbonyl (C=O) groups is 2. The molecule has 0 radical (unpaired) electrons. The van der Waals surface area contributed by atoms with E-state index >= 15 is 8.78 Å². The number of halogens is 2. The summed E-state index contributed by atoms with van der Waals surface area (Å²) in [5.74, 6) is -6.36. The largest absolute Gasteiger partial charge is 0.462 e. The van der Waals surface area contributed by atoms with Gasteiger partial charge < -0.3 is 29.0 Å². The second-order valence-electron chi connectivity index (χ2n) is 12.5. The number of nitrogens with zero attached hydrogens (tertiary/aromatic N) is 2. The molecule has 296 valence electrons. The molecule has 1 fully saturated rings. The minimum atomic E-state index is -5.03. The van der Waals surface area contributed by atoms with Crippen LogP contribution in [0, 0.1) is 0 Å². The van der Waals surface area contributed by atoms with Crippen molar-refractivity contribution >= 4 is 33.2 Å². The fraction of sp³-hybridized carbons (Fsp3) is 0.455. The monoisotopic (exact) mass is 801 g/mol. The lowest BCUT2D eigenvalue weighted by molar-refractivity contribution is -0.150. The Morgan fingerprint density at radius 2 is 1.33 bits per heavy atom. The summed E-state index contributed by atoms with van der Waals surface area (Å²) in [4.78, 5) is 41.6. The number of alkyl halides is 2. The van der Waals surface area contributed by atoms with E-state index in [1.54, 1.807) is 52.0 Å². The van der Waals surface area contributed by atoms with Gasteiger partial charge in [-0.05, 0) is 71.9 Å². The van der Waals surface area contributed by atoms with Crippen LogP contribution in [-0.4, -0.2) is 70.5 Å². The number of hydrogen-bond acceptors (Lipinski definition) is 14. The van der Waals surface area contributed by atoms with Gasteiger partial charge in [-0.2, -0.15) is 23.9 Å². The molecule has 2 aromatic carbocycles. The van der Waals surface area contributed by atoms with Crippen molar-refractivity contribution in [3.05, 3.63) is 83.4 Å². The summed E-state index contributed by atoms with van der Waals surface area (Å²) in [5.41, 5.74) is 4.34. The van der Waals surface area contributed by atoms with Gasteiger partial charge in [0.05, 0.1) is 18.8 Å². The third-order valence-electron chi connectivity index (χ3n) is 7.17. The van der Waals surface area contributed by atoms with E-state index < -0.39 is 88.4 Å². The first-order valence-electron chi connectivity index (χ1n) is 16.7. The van der Waals surface area contributed by atoms with Crippen LogP contribution in [0.2, 0.25) is 0 Å². The molecule has 4 rings (SSSR count). The maximum atomic E-state index is 16.6. The summed E-state index contributed by atoms with van der Waals surface area (Å²) in [6.07, 6.45) is -7.32. The highest BCUT2D eigenvalue weighted by atomic mass is 31.2. The molecular formula is C33H43F2N5O12P2. The molecule has 1 aliphatic rings. The fourth-order valence-electron chi connectivity index (χ4n) is 4.81. The Labute approximate surface area is 309 Å². The summed E-state index contributed by atoms with van der Waals surface area (Å²) < 4.78 is 101. The first-order valence-corrected chi connectivity index (χ1v) is 19.8. The van der Waals surface area contributed by atoms with Gasteiger partial charge in [0, 0.05) is 6.20 Å². The highest BCUT2D eigenvalue weighted by Crippen LogP contribution is 2.55. The number of carbonyl (C=O) groups excluding carboxylic acids is 2. The summed E-state index contributed by atoms with van der Waals surface area (Å²) in [7, 11) is -9.72. The van der Waals surface area contributed by atoms with Crippen molar-refractivity contribution in [2.45, 2.75) is 90.2 Å². The van der Waals surface area contributed by atoms with E-state index in [1.807, 2.05) is 0 Å². The van der Waals surface area contributed by atoms with Crippen LogP contribution < -0.4 is 30.6 Å². The quantitative estimate of drug-likeness (QED) is 0.114. The number of rotatable bonds is 18. The summed E-state index contributed by atoms with van der Waals surface area (Å²) in [6.45, 7) is 7.84. The number of benzene rings is 2. The standard InChI is InChI=1S/C33H43F2N5O12P2/c1-20(2)47-29(41)22(5)38-53(44,50-24-13-9-7-10-14-24)46-19-26-28(33(34,35)31(49-26)40-18-17-27(36)37-32(40)43)52-54(45,51-25-15-11-8-12-16-25)39-23(6)30(42)48-21(3)4/h7-18,20-23,26,28,31H,19H2,1-6H3,(H,38,44)(H,39,45)(H2,36,37,43)/t22-,23-,26+,28+,31?,53?,54?/m0/s1. The van der Waals surface area contributed by atoms with Crippen molar-refractivity contribution in [3.63, 3.8) is 0 Å². The number of ether oxygens (including phenoxy) is 3. The molecule has 21 heteroatoms. The Bertz CT molecular complexity index is 1890. The van der Waals surface area contributed by atoms with Crippen molar-refractivity contribution in [1.82, 2.24) is 19.7 Å². The van der Waals surface area contributed by atoms with Gasteiger partial charge >= 0.3 is 39.0 Å². The zero-order valence-corrected chi connectivity index (χ0v) is 32.0. The Morgan fingerprint density at radius 1 is 0.852 bits per heavy atom. The number of anilines is 1. The van der Waals surface area contributed by atoms with E-state index in [0.717, 1.165) is 12.3 Å². The molecule has 1 saturated heterocycles. The summed E-state index contributed by atoms with van der Waals surface area (Å²) in [5, 5.41) is 4.76. The van der Waals surface area contributed by atoms with Crippen molar-refractivity contribution in [2.24, 2.45) is 0 Å². The van der Waals surface area contributed by atoms with Crippen molar-refractivity contribution in [2.75, 3.05) is 12.3 Å². The van der Waals surface area contributed by atoms with Gasteiger partial charge in [-0.1, -0.05) is 36.4 Å². The molecule has 0 amide bonds. The van der Waals surface area contributed by atoms with E-state index in [9.17, 15) is 23.5 Å². The van der Waals surface area contributed by atoms with Crippen LogP contribution in [0.15, 0.2) is 77.7 Å². The second-order valence-corrected chi connectivity index (χ2v) is 15.9. The molecule has 1 aliphatic heterocycles. The second kappa shape index (κ2) is 17.9. The molecule has 1 aromatic heterocycles. The van der Waals surface area contributed by atoms with Crippen molar-refractivity contribution in [1.29, 1.82) is 0 Å². The molecule has 0 bridgehead atoms. The first kappa shape index (κ1) is 42.5. The number of para-hydroxylation sites is 2. The van der Waals surface area contributed by atoms with Gasteiger partial charge in [0.15, 0.2) is 6.10 Å². The number of nitrogens with two attached hydrogens (primary N) is 1. The van der Waals surface area contributed by atoms with Crippen LogP contribution in [-0.2, 0) is 42.0 Å². The van der Waals surface area contributed by atoms with Crippen molar-refractivity contribution < 1.29 is 59.8 Å². The molecule has 3 aromatic rings. The van der Waals surface area contributed by atoms with Crippen molar-refractivity contribution in [3.8, 4) is 11.5 Å². The predicted molar refractivity (Wildman–Crippen MR) is 190 cm³/mol. The van der Waals surface area contributed by atoms with E-state index in [1.165, 1.54) is 50.2 Å². The van der Waals surface area contributed by atoms with E-state index in [4.69, 9.17) is 38.0 Å². The molecule has 3 unspecified atom stereocenters. The lowest BCUT2D eigenvalue weighted by Crippen LogP contribution is -2.45. The molecular weight excluding hydrogens is 758 g/mol. The molecule has 4 N–H and O–H groups in total. The van der Waals surface area contributed by atoms with Gasteiger partial charge in [-0.3, -0.25) is 23.2 Å². The minimum Gasteiger partial charge on any atom is -0.462 e. The van der Waals surface area contributed by atoms with E-state index in [-0.39, 0.29) is 17.3 Å². The van der Waals surface area contributed by atoms with Crippen LogP contribution in [0.3, 0.4) is 0 Å². The average Bonchev–Trinajstić information content (AvgIpc) is 3.32. The smallest absolute Gasteiger partial charge is 0.460 e. The molecule has 0 saturated carbocycles. The van der Waals surface area contributed by atoms with Crippen LogP contribution in [0.1, 0.15) is 47.8 Å². The highest BCUT2D eigenvalue weighted by Gasteiger charge is 2.64. The predicted octanol–water partition coefficient (Wildman–Crippen LogP) is 4.99. The maximum absolute atomic E-state index is 16.6. The minimum absolute atomic E-state index is 0.00726. The third-order valence-corrected chi connectivity index (χ3v) is 10.5. The SMILES string of the molecule is CC(C)OC(=O)[C@H](C)NP(=O)(OC[C@H]1OC(n2ccc(N)nc2=O)C(F)(F)[C@@H]1OP(=O)(N[C@@H](C)C(=O)OC(C)C)Oc1ccccc1)Oc1ccccc1. The number of hydrogen-bond donors (Lipinski definition) is 3. The molecule has 0 spiro atoms. The zero-order chi connectivity index (χ0) is 39.8. The van der Waals surface area contributed by atoms with Crippen LogP contribution >= 0.6 is 15.5 Å². The topological polar surface area (TPSA) is 218 Å². The van der Waals surface area contributed by atoms with Gasteiger partial charge in [-0.15, -0.1) is 0 Å². The van der Waals surface area contributed by atoms with E-state index in [2.05, 4.69) is 15.2 Å². The van der Waals surface area contributed by atoms with Gasteiger partial charge in [-0.25, -0.2) is 13.9 Å². The Morgan fingerprint density at radius 3 is 1.81 bits per heavy atom. The van der Waals surface area contributed by atoms with Gasteiger partial charge in [0.1, 0.15) is 35.5 Å². The normalized spacial score (nSPS) is 21.4. The number of aromatic nitrogens is 2. The number of nitrogens with one attached hydrogen (secondary N) is 2. The summed E-state index contributed by atoms with van der Waals surface area (Å²) >= 11 is 0. The maximum Gasteiger partial charge on any atom is 0.460 e. The fourth-order valence-corrected chi connectivity index (χ4v) is 8.03. The number of esters is 2. The van der Waals surface area contributed by atoms with E-state index in [0.29, 0.717) is 4.57 Å². The number of nitrogen functional groups attached to an aromatic ring is 1. The van der Waals surface area contributed by atoms with Gasteiger partial charge in [0.2, 0.25) is 6.23 Å². The zero-order valence-electron chi connectivity index (χ0n) is 30.2. The average molecular weight is 802 g/mol. The Hall–Kier alpha value is -4.22. The summed E-state index contributed by atoms with van der Waals surface area (Å²) in [6, 6.07) is 13.3. The lowest BCUT2D eigenvalue weighted by atomic mass is 10.1. The van der Waals surface area contributed by atoms with Gasteiger partial charge in [0.25, 0.3) is 0 Å². The van der Waals surface area contributed by atoms with Crippen LogP contribution in [0.4, 0.5) is 14.6 Å². The lowest BCUT2D eigenvalue weighted by Gasteiger charge is -2.30. The molecule has 0 aliphatic carbocycles.